The van der Waals surface area contributed by atoms with Crippen molar-refractivity contribution in [2.45, 2.75) is 6.92 Å². The van der Waals surface area contributed by atoms with Gasteiger partial charge >= 0.3 is 35.6 Å². The number of nitrogens with zero attached hydrogens (tertiary/aromatic N) is 2. The second-order valence-corrected chi connectivity index (χ2v) is 4.60. The van der Waals surface area contributed by atoms with E-state index >= 15 is 0 Å². The number of urea groups is 1. The summed E-state index contributed by atoms with van der Waals surface area (Å²) in [6, 6.07) is 4.20. The number of pyridine rings is 1. The topological polar surface area (TPSA) is 107 Å². The third kappa shape index (κ3) is 5.89. The average molecular weight is 356 g/mol. The third-order valence-electron chi connectivity index (χ3n) is 2.75. The van der Waals surface area contributed by atoms with Crippen molar-refractivity contribution in [3.05, 3.63) is 59.4 Å². The summed E-state index contributed by atoms with van der Waals surface area (Å²) in [5.41, 5.74) is 1.56. The maximum atomic E-state index is 13.0. The average Bonchev–Trinajstić information content (AvgIpc) is 2.51. The number of hydrogen-bond donors (Lipinski definition) is 2. The third-order valence-corrected chi connectivity index (χ3v) is 2.75. The summed E-state index contributed by atoms with van der Waals surface area (Å²) in [4.78, 5) is 26.8. The molecule has 124 valence electrons. The summed E-state index contributed by atoms with van der Waals surface area (Å²) in [6.45, 7) is 1.23. The van der Waals surface area contributed by atoms with Gasteiger partial charge in [0.1, 0.15) is 17.3 Å². The van der Waals surface area contributed by atoms with Crippen molar-refractivity contribution in [1.82, 2.24) is 10.4 Å². The van der Waals surface area contributed by atoms with Gasteiger partial charge in [-0.3, -0.25) is 9.78 Å². The molecule has 0 aliphatic carbocycles. The number of carbonyl (C=O) groups is 2. The van der Waals surface area contributed by atoms with Gasteiger partial charge in [0.15, 0.2) is 5.78 Å². The van der Waals surface area contributed by atoms with Gasteiger partial charge in [-0.1, -0.05) is 6.07 Å². The molecule has 0 atom stereocenters. The fraction of sp³-hybridized carbons (Fsp3) is 0.0667. The quantitative estimate of drug-likeness (QED) is 0.226. The molecule has 1 heterocycles. The number of halogens is 2. The van der Waals surface area contributed by atoms with E-state index < -0.39 is 29.3 Å². The van der Waals surface area contributed by atoms with Crippen LogP contribution in [0.1, 0.15) is 23.0 Å². The number of rotatable bonds is 4. The second-order valence-electron chi connectivity index (χ2n) is 4.60. The van der Waals surface area contributed by atoms with Crippen molar-refractivity contribution in [2.75, 3.05) is 5.32 Å². The Morgan fingerprint density at radius 1 is 1.20 bits per heavy atom. The molecule has 2 amide bonds. The smallest absolute Gasteiger partial charge is 0.857 e. The largest absolute Gasteiger partial charge is 1.00 e. The Morgan fingerprint density at radius 3 is 2.44 bits per heavy atom. The zero-order valence-electron chi connectivity index (χ0n) is 13.3. The molecular formula is C15H11F2N4NaO3. The minimum Gasteiger partial charge on any atom is -0.857 e. The van der Waals surface area contributed by atoms with Crippen molar-refractivity contribution in [3.8, 4) is 0 Å². The molecular weight excluding hydrogens is 345 g/mol. The molecule has 1 aromatic carbocycles. The van der Waals surface area contributed by atoms with E-state index in [-0.39, 0.29) is 46.5 Å². The summed E-state index contributed by atoms with van der Waals surface area (Å²) in [7, 11) is 0. The van der Waals surface area contributed by atoms with Crippen LogP contribution in [0.15, 0.2) is 41.6 Å². The first-order valence-electron chi connectivity index (χ1n) is 6.61. The van der Waals surface area contributed by atoms with Gasteiger partial charge in [0.05, 0.1) is 0 Å². The molecule has 0 unspecified atom stereocenters. The number of hydrogen-bond acceptors (Lipinski definition) is 5. The van der Waals surface area contributed by atoms with Gasteiger partial charge in [-0.25, -0.2) is 19.0 Å². The fourth-order valence-electron chi connectivity index (χ4n) is 1.81. The van der Waals surface area contributed by atoms with Crippen molar-refractivity contribution >= 4 is 23.4 Å². The van der Waals surface area contributed by atoms with E-state index in [1.165, 1.54) is 25.3 Å². The number of nitrogens with one attached hydrogen (secondary N) is 2. The van der Waals surface area contributed by atoms with Crippen LogP contribution in [-0.4, -0.2) is 22.7 Å². The Hall–Kier alpha value is -2.36. The second kappa shape index (κ2) is 9.21. The Kier molecular flexibility index (Phi) is 7.62. The molecule has 7 nitrogen and oxygen atoms in total. The number of carbonyl (C=O) groups excluding carboxylic acids is 2. The van der Waals surface area contributed by atoms with Gasteiger partial charge in [0, 0.05) is 36.3 Å². The Balaban J connectivity index is 0.00000312. The number of amides is 2. The molecule has 25 heavy (non-hydrogen) atoms. The van der Waals surface area contributed by atoms with Gasteiger partial charge in [-0.15, -0.1) is 0 Å². The SMILES string of the molecule is CC(=O)c1ncccc1C([O-])=NNC(=O)Nc1cc(F)cc(F)c1.[Na+]. The number of Topliss-reactive ketones (excluding diaryl/α,β-unsaturated/α-hetero) is 1. The molecule has 0 bridgehead atoms. The minimum absolute atomic E-state index is 0. The number of aromatic nitrogens is 1. The van der Waals surface area contributed by atoms with E-state index in [9.17, 15) is 23.5 Å². The molecule has 0 aliphatic rings. The molecule has 0 saturated heterocycles. The maximum absolute atomic E-state index is 13.0. The molecule has 2 N–H and O–H groups in total. The zero-order chi connectivity index (χ0) is 17.7. The van der Waals surface area contributed by atoms with E-state index in [0.29, 0.717) is 6.07 Å². The van der Waals surface area contributed by atoms with Crippen molar-refractivity contribution < 1.29 is 53.0 Å². The number of ketones is 1. The number of anilines is 1. The number of hydrazone groups is 1. The van der Waals surface area contributed by atoms with E-state index in [2.05, 4.69) is 15.4 Å². The predicted molar refractivity (Wildman–Crippen MR) is 79.3 cm³/mol. The summed E-state index contributed by atoms with van der Waals surface area (Å²) in [5, 5.41) is 17.3. The van der Waals surface area contributed by atoms with E-state index in [1.54, 1.807) is 0 Å². The van der Waals surface area contributed by atoms with Gasteiger partial charge in [0.2, 0.25) is 0 Å². The van der Waals surface area contributed by atoms with Crippen LogP contribution in [-0.2, 0) is 0 Å². The first-order valence-corrected chi connectivity index (χ1v) is 6.61. The number of benzene rings is 1. The molecule has 0 spiro atoms. The molecule has 0 saturated carbocycles. The molecule has 0 fully saturated rings. The molecule has 1 aromatic heterocycles. The van der Waals surface area contributed by atoms with E-state index in [0.717, 1.165) is 12.1 Å². The molecule has 2 rings (SSSR count). The predicted octanol–water partition coefficient (Wildman–Crippen LogP) is -1.59. The monoisotopic (exact) mass is 356 g/mol. The van der Waals surface area contributed by atoms with Gasteiger partial charge in [0.25, 0.3) is 0 Å². The van der Waals surface area contributed by atoms with Crippen molar-refractivity contribution in [1.29, 1.82) is 0 Å². The Morgan fingerprint density at radius 2 is 1.84 bits per heavy atom. The first kappa shape index (κ1) is 20.7. The molecule has 0 radical (unpaired) electrons. The molecule has 2 aromatic rings. The van der Waals surface area contributed by atoms with Gasteiger partial charge in [-0.05, 0) is 18.2 Å². The van der Waals surface area contributed by atoms with Crippen LogP contribution in [0.25, 0.3) is 0 Å². The fourth-order valence-corrected chi connectivity index (χ4v) is 1.81. The van der Waals surface area contributed by atoms with Crippen LogP contribution in [0.3, 0.4) is 0 Å². The molecule has 10 heteroatoms. The van der Waals surface area contributed by atoms with E-state index in [4.69, 9.17) is 0 Å². The van der Waals surface area contributed by atoms with Crippen LogP contribution < -0.4 is 45.4 Å². The van der Waals surface area contributed by atoms with Gasteiger partial charge in [-0.2, -0.15) is 5.10 Å². The zero-order valence-corrected chi connectivity index (χ0v) is 15.3. The molecule has 0 aliphatic heterocycles. The van der Waals surface area contributed by atoms with Crippen molar-refractivity contribution in [2.24, 2.45) is 5.10 Å². The summed E-state index contributed by atoms with van der Waals surface area (Å²) >= 11 is 0. The normalized spacial score (nSPS) is 10.6. The Bertz CT molecular complexity index is 810. The van der Waals surface area contributed by atoms with Crippen LogP contribution >= 0.6 is 0 Å². The first-order chi connectivity index (χ1) is 11.4. The summed E-state index contributed by atoms with van der Waals surface area (Å²) in [5.74, 6) is -3.08. The minimum atomic E-state index is -0.985. The van der Waals surface area contributed by atoms with Crippen molar-refractivity contribution in [3.63, 3.8) is 0 Å². The van der Waals surface area contributed by atoms with E-state index in [1.807, 2.05) is 5.43 Å². The standard InChI is InChI=1S/C15H12F2N4O3.Na/c1-8(22)13-12(3-2-4-18-13)14(23)20-21-15(24)19-11-6-9(16)5-10(17)7-11;/h2-7H,1H3,(H,20,23)(H2,19,21,24);/q;+1/p-1. The van der Waals surface area contributed by atoms with Crippen LogP contribution in [0.4, 0.5) is 19.3 Å². The van der Waals surface area contributed by atoms with Crippen LogP contribution in [0.2, 0.25) is 0 Å². The summed E-state index contributed by atoms with van der Waals surface area (Å²) in [6.07, 6.45) is 1.34. The van der Waals surface area contributed by atoms with Crippen LogP contribution in [0, 0.1) is 11.6 Å². The summed E-state index contributed by atoms with van der Waals surface area (Å²) < 4.78 is 26.0. The van der Waals surface area contributed by atoms with Crippen LogP contribution in [0.5, 0.6) is 0 Å². The van der Waals surface area contributed by atoms with Gasteiger partial charge < -0.3 is 10.4 Å². The Labute approximate surface area is 163 Å². The maximum Gasteiger partial charge on any atom is 1.00 e.